The van der Waals surface area contributed by atoms with E-state index in [2.05, 4.69) is 15.3 Å². The van der Waals surface area contributed by atoms with Gasteiger partial charge >= 0.3 is 0 Å². The molecule has 0 unspecified atom stereocenters. The molecular weight excluding hydrogens is 454 g/mol. The molecule has 2 aromatic heterocycles. The van der Waals surface area contributed by atoms with Crippen LogP contribution in [-0.4, -0.2) is 20.8 Å². The van der Waals surface area contributed by atoms with Gasteiger partial charge in [-0.2, -0.15) is 0 Å². The zero-order valence-corrected chi connectivity index (χ0v) is 17.4. The van der Waals surface area contributed by atoms with Crippen molar-refractivity contribution >= 4 is 17.3 Å². The van der Waals surface area contributed by atoms with Gasteiger partial charge in [-0.15, -0.1) is 0 Å². The molecular formula is C16H21N4O3PdV-. The monoisotopic (exact) mass is 474 g/mol. The second-order valence-corrected chi connectivity index (χ2v) is 5.41. The number of carbonyl (C=O) groups excluding carboxylic acids is 1. The average molecular weight is 475 g/mol. The number of amides is 1. The van der Waals surface area contributed by atoms with Crippen molar-refractivity contribution in [2.45, 2.75) is 20.8 Å². The van der Waals surface area contributed by atoms with E-state index in [1.807, 2.05) is 26.8 Å². The second kappa shape index (κ2) is 13.7. The van der Waals surface area contributed by atoms with E-state index in [9.17, 15) is 14.9 Å². The fraction of sp³-hybridized carbons (Fsp3) is 0.250. The van der Waals surface area contributed by atoms with E-state index >= 15 is 0 Å². The molecule has 0 saturated heterocycles. The van der Waals surface area contributed by atoms with Crippen molar-refractivity contribution in [3.05, 3.63) is 66.6 Å². The number of aromatic nitrogens is 2. The molecule has 1 N–H and O–H groups in total. The van der Waals surface area contributed by atoms with Gasteiger partial charge in [0.15, 0.2) is 0 Å². The van der Waals surface area contributed by atoms with Gasteiger partial charge in [0.25, 0.3) is 5.69 Å². The van der Waals surface area contributed by atoms with Crippen LogP contribution in [0.3, 0.4) is 0 Å². The molecule has 2 rings (SSSR count). The summed E-state index contributed by atoms with van der Waals surface area (Å²) in [7, 11) is 0. The van der Waals surface area contributed by atoms with Gasteiger partial charge in [-0.1, -0.05) is 20.8 Å². The van der Waals surface area contributed by atoms with Crippen LogP contribution in [0.2, 0.25) is 0 Å². The van der Waals surface area contributed by atoms with Gasteiger partial charge in [-0.25, -0.2) is 0 Å². The summed E-state index contributed by atoms with van der Waals surface area (Å²) >= 11 is 0. The molecule has 0 saturated carbocycles. The zero-order valence-electron chi connectivity index (χ0n) is 14.4. The normalized spacial score (nSPS) is 8.92. The van der Waals surface area contributed by atoms with Crippen molar-refractivity contribution in [2.75, 3.05) is 5.32 Å². The van der Waals surface area contributed by atoms with Crippen molar-refractivity contribution in [3.8, 4) is 0 Å². The van der Waals surface area contributed by atoms with Crippen LogP contribution in [-0.2, 0) is 43.8 Å². The number of hydrogen-bond acceptors (Lipinski definition) is 5. The summed E-state index contributed by atoms with van der Waals surface area (Å²) in [4.78, 5) is 28.5. The maximum absolute atomic E-state index is 11.5. The molecule has 0 spiro atoms. The van der Waals surface area contributed by atoms with Gasteiger partial charge in [-0.3, -0.25) is 24.9 Å². The van der Waals surface area contributed by atoms with Crippen LogP contribution < -0.4 is 5.32 Å². The number of carbonyl (C=O) groups is 1. The summed E-state index contributed by atoms with van der Waals surface area (Å²) < 4.78 is 0. The number of anilines is 1. The molecule has 0 aliphatic rings. The summed E-state index contributed by atoms with van der Waals surface area (Å²) in [5, 5.41) is 12.7. The predicted molar refractivity (Wildman–Crippen MR) is 89.6 cm³/mol. The number of pyridine rings is 2. The number of nitrogens with zero attached hydrogens (tertiary/aromatic N) is 3. The molecule has 7 nitrogen and oxygen atoms in total. The van der Waals surface area contributed by atoms with Gasteiger partial charge in [-0.05, 0) is 18.2 Å². The number of nitro groups is 1. The maximum Gasteiger partial charge on any atom is 0.287 e. The van der Waals surface area contributed by atoms with E-state index in [1.54, 1.807) is 18.5 Å². The Morgan fingerprint density at radius 3 is 1.96 bits per heavy atom. The van der Waals surface area contributed by atoms with E-state index in [0.29, 0.717) is 0 Å². The van der Waals surface area contributed by atoms with Gasteiger partial charge in [0, 0.05) is 62.9 Å². The SMILES string of the molecule is CC(C)(C)C(=O)Nc1cccnc1.O=[N+]([O-])c1cccnc1.[CH3-].[Pd].[V]. The molecule has 25 heavy (non-hydrogen) atoms. The molecule has 1 amide bonds. The third kappa shape index (κ3) is 11.6. The number of rotatable bonds is 2. The first-order valence-electron chi connectivity index (χ1n) is 6.56. The molecule has 0 atom stereocenters. The summed E-state index contributed by atoms with van der Waals surface area (Å²) in [6.07, 6.45) is 6.00. The Morgan fingerprint density at radius 1 is 1.12 bits per heavy atom. The topological polar surface area (TPSA) is 98.0 Å². The first-order chi connectivity index (χ1) is 10.3. The predicted octanol–water partition coefficient (Wildman–Crippen LogP) is 3.50. The Kier molecular flexibility index (Phi) is 15.4. The first-order valence-corrected chi connectivity index (χ1v) is 6.56. The minimum atomic E-state index is -0.479. The molecule has 0 aliphatic heterocycles. The fourth-order valence-corrected chi connectivity index (χ4v) is 1.22. The molecule has 0 bridgehead atoms. The number of nitrogens with one attached hydrogen (secondary N) is 1. The standard InChI is InChI=1S/C10H14N2O.C5H4N2O2.CH3.Pd.V/c1-10(2,3)9(13)12-8-5-4-6-11-7-8;8-7(9)5-2-1-3-6-4-5;;;/h4-7H,1-3H3,(H,12,13);1-4H;1H3;;/q;;-1;;. The van der Waals surface area contributed by atoms with E-state index < -0.39 is 4.92 Å². The Balaban J connectivity index is -0.000000362. The molecule has 0 fully saturated rings. The maximum atomic E-state index is 11.5. The molecule has 1 radical (unpaired) electrons. The second-order valence-electron chi connectivity index (χ2n) is 5.41. The van der Waals surface area contributed by atoms with E-state index in [1.165, 1.54) is 24.5 Å². The summed E-state index contributed by atoms with van der Waals surface area (Å²) in [5.41, 5.74) is 0.399. The largest absolute Gasteiger partial charge is 0.358 e. The molecule has 0 aromatic carbocycles. The van der Waals surface area contributed by atoms with Crippen LogP contribution in [0.25, 0.3) is 0 Å². The molecule has 0 aliphatic carbocycles. The van der Waals surface area contributed by atoms with Crippen LogP contribution in [0, 0.1) is 23.0 Å². The van der Waals surface area contributed by atoms with Crippen LogP contribution in [0.4, 0.5) is 11.4 Å². The minimum absolute atomic E-state index is 0. The third-order valence-electron chi connectivity index (χ3n) is 2.46. The molecule has 9 heteroatoms. The van der Waals surface area contributed by atoms with Crippen molar-refractivity contribution in [3.63, 3.8) is 0 Å². The van der Waals surface area contributed by atoms with Crippen LogP contribution >= 0.6 is 0 Å². The zero-order chi connectivity index (χ0) is 16.6. The van der Waals surface area contributed by atoms with Gasteiger partial charge in [0.1, 0.15) is 6.20 Å². The van der Waals surface area contributed by atoms with Gasteiger partial charge in [0.05, 0.1) is 16.8 Å². The van der Waals surface area contributed by atoms with Crippen molar-refractivity contribution in [1.82, 2.24) is 9.97 Å². The summed E-state index contributed by atoms with van der Waals surface area (Å²) in [6.45, 7) is 5.62. The van der Waals surface area contributed by atoms with Crippen LogP contribution in [0.15, 0.2) is 49.1 Å². The van der Waals surface area contributed by atoms with E-state index in [4.69, 9.17) is 0 Å². The van der Waals surface area contributed by atoms with Crippen LogP contribution in [0.5, 0.6) is 0 Å². The Labute approximate surface area is 173 Å². The van der Waals surface area contributed by atoms with Crippen LogP contribution in [0.1, 0.15) is 20.8 Å². The summed E-state index contributed by atoms with van der Waals surface area (Å²) in [6, 6.07) is 6.53. The first kappa shape index (κ1) is 28.2. The third-order valence-corrected chi connectivity index (χ3v) is 2.46. The summed E-state index contributed by atoms with van der Waals surface area (Å²) in [5.74, 6) is 0.000463. The van der Waals surface area contributed by atoms with E-state index in [-0.39, 0.29) is 63.4 Å². The average Bonchev–Trinajstić information content (AvgIpc) is 2.49. The minimum Gasteiger partial charge on any atom is -0.358 e. The smallest absolute Gasteiger partial charge is 0.287 e. The van der Waals surface area contributed by atoms with Crippen molar-refractivity contribution in [1.29, 1.82) is 0 Å². The quantitative estimate of drug-likeness (QED) is 0.311. The van der Waals surface area contributed by atoms with Gasteiger partial charge in [0.2, 0.25) is 5.91 Å². The van der Waals surface area contributed by atoms with Crippen molar-refractivity contribution in [2.24, 2.45) is 5.41 Å². The Bertz CT molecular complexity index is 622. The Morgan fingerprint density at radius 2 is 1.64 bits per heavy atom. The molecule has 2 heterocycles. The van der Waals surface area contributed by atoms with E-state index in [0.717, 1.165) is 5.69 Å². The van der Waals surface area contributed by atoms with Gasteiger partial charge < -0.3 is 12.7 Å². The number of hydrogen-bond donors (Lipinski definition) is 1. The van der Waals surface area contributed by atoms with Crippen molar-refractivity contribution < 1.29 is 48.7 Å². The Hall–Kier alpha value is -1.58. The molecule has 139 valence electrons. The fourth-order valence-electron chi connectivity index (χ4n) is 1.22. The molecule has 2 aromatic rings.